The maximum Gasteiger partial charge on any atom is 0.226 e. The largest absolute Gasteiger partial charge is 0.383 e. The van der Waals surface area contributed by atoms with Crippen molar-refractivity contribution < 1.29 is 14.3 Å². The van der Waals surface area contributed by atoms with Crippen LogP contribution in [0, 0.1) is 5.92 Å². The van der Waals surface area contributed by atoms with Crippen molar-refractivity contribution in [3.05, 3.63) is 35.9 Å². The zero-order valence-electron chi connectivity index (χ0n) is 14.5. The van der Waals surface area contributed by atoms with Crippen LogP contribution in [0.2, 0.25) is 0 Å². The van der Waals surface area contributed by atoms with Crippen molar-refractivity contribution in [3.8, 4) is 0 Å². The Morgan fingerprint density at radius 2 is 1.70 bits per heavy atom. The lowest BCUT2D eigenvalue weighted by atomic mass is 9.92. The third-order valence-electron chi connectivity index (χ3n) is 4.64. The van der Waals surface area contributed by atoms with E-state index in [1.54, 1.807) is 14.2 Å². The molecule has 4 heteroatoms. The lowest BCUT2D eigenvalue weighted by Crippen LogP contribution is -2.55. The van der Waals surface area contributed by atoms with E-state index in [-0.39, 0.29) is 23.9 Å². The number of nitrogens with zero attached hydrogens (tertiary/aromatic N) is 1. The molecule has 0 bridgehead atoms. The molecule has 1 amide bonds. The lowest BCUT2D eigenvalue weighted by molar-refractivity contribution is -0.145. The van der Waals surface area contributed by atoms with Crippen LogP contribution in [0.15, 0.2) is 30.3 Å². The summed E-state index contributed by atoms with van der Waals surface area (Å²) < 4.78 is 10.7. The van der Waals surface area contributed by atoms with Crippen LogP contribution < -0.4 is 0 Å². The normalized spacial score (nSPS) is 22.8. The van der Waals surface area contributed by atoms with Gasteiger partial charge in [0, 0.05) is 20.1 Å². The van der Waals surface area contributed by atoms with Gasteiger partial charge in [-0.1, -0.05) is 37.3 Å². The highest BCUT2D eigenvalue weighted by atomic mass is 16.5. The molecule has 0 aliphatic carbocycles. The molecular weight excluding hydrogens is 290 g/mol. The van der Waals surface area contributed by atoms with Crippen LogP contribution in [0.1, 0.15) is 31.7 Å². The molecule has 0 radical (unpaired) electrons. The van der Waals surface area contributed by atoms with Crippen LogP contribution in [0.25, 0.3) is 0 Å². The minimum absolute atomic E-state index is 0.0331. The number of rotatable bonds is 7. The lowest BCUT2D eigenvalue weighted by Gasteiger charge is -2.43. The highest BCUT2D eigenvalue weighted by Crippen LogP contribution is 2.26. The Morgan fingerprint density at radius 1 is 1.13 bits per heavy atom. The van der Waals surface area contributed by atoms with Gasteiger partial charge >= 0.3 is 0 Å². The van der Waals surface area contributed by atoms with Crippen LogP contribution in [0.5, 0.6) is 0 Å². The number of carbonyl (C=O) groups is 1. The summed E-state index contributed by atoms with van der Waals surface area (Å²) in [4.78, 5) is 15.1. The standard InChI is InChI=1S/C19H29NO3/c1-15(12-16-8-5-4-6-9-16)19(21)20-17(13-22-2)10-7-11-18(20)14-23-3/h4-6,8-9,15,17-18H,7,10-14H2,1-3H3/t15-,17-,18-/m1/s1. The fourth-order valence-corrected chi connectivity index (χ4v) is 3.55. The van der Waals surface area contributed by atoms with E-state index in [0.717, 1.165) is 25.7 Å². The van der Waals surface area contributed by atoms with Crippen LogP contribution >= 0.6 is 0 Å². The molecule has 4 nitrogen and oxygen atoms in total. The first kappa shape index (κ1) is 18.0. The van der Waals surface area contributed by atoms with E-state index in [1.165, 1.54) is 5.56 Å². The summed E-state index contributed by atoms with van der Waals surface area (Å²) >= 11 is 0. The second kappa shape index (κ2) is 9.04. The molecule has 1 saturated heterocycles. The highest BCUT2D eigenvalue weighted by Gasteiger charge is 2.36. The SMILES string of the molecule is COC[C@H]1CCC[C@H](COC)N1C(=O)[C@H](C)Cc1ccccc1. The highest BCUT2D eigenvalue weighted by molar-refractivity contribution is 5.79. The first-order valence-electron chi connectivity index (χ1n) is 8.51. The van der Waals surface area contributed by atoms with Crippen molar-refractivity contribution in [1.29, 1.82) is 0 Å². The van der Waals surface area contributed by atoms with Gasteiger partial charge in [0.2, 0.25) is 5.91 Å². The number of piperidine rings is 1. The van der Waals surface area contributed by atoms with Crippen LogP contribution in [-0.2, 0) is 20.7 Å². The third kappa shape index (κ3) is 4.79. The molecule has 1 aromatic rings. The Hall–Kier alpha value is -1.39. The number of hydrogen-bond donors (Lipinski definition) is 0. The summed E-state index contributed by atoms with van der Waals surface area (Å²) in [6.45, 7) is 3.23. The first-order chi connectivity index (χ1) is 11.2. The topological polar surface area (TPSA) is 38.8 Å². The second-order valence-electron chi connectivity index (χ2n) is 6.49. The molecule has 1 aliphatic heterocycles. The molecule has 1 fully saturated rings. The zero-order valence-corrected chi connectivity index (χ0v) is 14.5. The van der Waals surface area contributed by atoms with Gasteiger partial charge < -0.3 is 14.4 Å². The Bertz CT molecular complexity index is 459. The van der Waals surface area contributed by atoms with Gasteiger partial charge in [-0.2, -0.15) is 0 Å². The molecule has 0 saturated carbocycles. The van der Waals surface area contributed by atoms with Crippen molar-refractivity contribution in [3.63, 3.8) is 0 Å². The van der Waals surface area contributed by atoms with Crippen molar-refractivity contribution in [2.24, 2.45) is 5.92 Å². The summed E-state index contributed by atoms with van der Waals surface area (Å²) in [5.41, 5.74) is 1.21. The summed E-state index contributed by atoms with van der Waals surface area (Å²) in [5.74, 6) is 0.187. The minimum Gasteiger partial charge on any atom is -0.383 e. The summed E-state index contributed by atoms with van der Waals surface area (Å²) in [7, 11) is 3.41. The minimum atomic E-state index is -0.0331. The number of benzene rings is 1. The molecule has 2 rings (SSSR count). The van der Waals surface area contributed by atoms with Gasteiger partial charge in [0.15, 0.2) is 0 Å². The molecular formula is C19H29NO3. The summed E-state index contributed by atoms with van der Waals surface area (Å²) in [5, 5.41) is 0. The average molecular weight is 319 g/mol. The van der Waals surface area contributed by atoms with Crippen molar-refractivity contribution >= 4 is 5.91 Å². The fraction of sp³-hybridized carbons (Fsp3) is 0.632. The van der Waals surface area contributed by atoms with Crippen molar-refractivity contribution in [1.82, 2.24) is 4.90 Å². The van der Waals surface area contributed by atoms with Gasteiger partial charge in [0.05, 0.1) is 25.3 Å². The third-order valence-corrected chi connectivity index (χ3v) is 4.64. The Morgan fingerprint density at radius 3 is 2.22 bits per heavy atom. The number of methoxy groups -OCH3 is 2. The number of hydrogen-bond acceptors (Lipinski definition) is 3. The molecule has 128 valence electrons. The summed E-state index contributed by atoms with van der Waals surface area (Å²) in [6.07, 6.45) is 3.92. The smallest absolute Gasteiger partial charge is 0.226 e. The monoisotopic (exact) mass is 319 g/mol. The zero-order chi connectivity index (χ0) is 16.7. The molecule has 3 atom stereocenters. The van der Waals surface area contributed by atoms with Gasteiger partial charge in [-0.05, 0) is 31.2 Å². The summed E-state index contributed by atoms with van der Waals surface area (Å²) in [6, 6.07) is 10.5. The molecule has 1 aliphatic rings. The van der Waals surface area contributed by atoms with E-state index in [1.807, 2.05) is 30.0 Å². The van der Waals surface area contributed by atoms with Crippen LogP contribution in [0.3, 0.4) is 0 Å². The number of carbonyl (C=O) groups excluding carboxylic acids is 1. The molecule has 0 spiro atoms. The Labute approximate surface area is 139 Å². The predicted molar refractivity (Wildman–Crippen MR) is 91.3 cm³/mol. The van der Waals surface area contributed by atoms with Gasteiger partial charge in [0.1, 0.15) is 0 Å². The van der Waals surface area contributed by atoms with Gasteiger partial charge in [-0.3, -0.25) is 4.79 Å². The van der Waals surface area contributed by atoms with Gasteiger partial charge in [0.25, 0.3) is 0 Å². The molecule has 0 N–H and O–H groups in total. The van der Waals surface area contributed by atoms with Crippen LogP contribution in [-0.4, -0.2) is 50.3 Å². The first-order valence-corrected chi connectivity index (χ1v) is 8.51. The van der Waals surface area contributed by atoms with E-state index >= 15 is 0 Å². The maximum absolute atomic E-state index is 13.1. The van der Waals surface area contributed by atoms with E-state index < -0.39 is 0 Å². The van der Waals surface area contributed by atoms with Gasteiger partial charge in [-0.25, -0.2) is 0 Å². The van der Waals surface area contributed by atoms with E-state index in [0.29, 0.717) is 13.2 Å². The molecule has 1 heterocycles. The second-order valence-corrected chi connectivity index (χ2v) is 6.49. The molecule has 23 heavy (non-hydrogen) atoms. The van der Waals surface area contributed by atoms with Crippen LogP contribution in [0.4, 0.5) is 0 Å². The quantitative estimate of drug-likeness (QED) is 0.776. The number of amides is 1. The van der Waals surface area contributed by atoms with E-state index in [9.17, 15) is 4.79 Å². The van der Waals surface area contributed by atoms with Crippen molar-refractivity contribution in [2.45, 2.75) is 44.7 Å². The maximum atomic E-state index is 13.1. The van der Waals surface area contributed by atoms with Gasteiger partial charge in [-0.15, -0.1) is 0 Å². The molecule has 0 unspecified atom stereocenters. The Kier molecular flexibility index (Phi) is 7.06. The van der Waals surface area contributed by atoms with E-state index in [4.69, 9.17) is 9.47 Å². The average Bonchev–Trinajstić information content (AvgIpc) is 2.56. The number of likely N-dealkylation sites (tertiary alicyclic amines) is 1. The fourth-order valence-electron chi connectivity index (χ4n) is 3.55. The van der Waals surface area contributed by atoms with E-state index in [2.05, 4.69) is 12.1 Å². The molecule has 0 aromatic heterocycles. The molecule has 1 aromatic carbocycles. The Balaban J connectivity index is 2.10. The number of ether oxygens (including phenoxy) is 2. The predicted octanol–water partition coefficient (Wildman–Crippen LogP) is 2.91. The van der Waals surface area contributed by atoms with Crippen molar-refractivity contribution in [2.75, 3.05) is 27.4 Å².